The Labute approximate surface area is 152 Å². The highest BCUT2D eigenvalue weighted by Crippen LogP contribution is 2.33. The van der Waals surface area contributed by atoms with E-state index in [-0.39, 0.29) is 18.2 Å². The number of methoxy groups -OCH3 is 1. The topological polar surface area (TPSA) is 88.0 Å². The van der Waals surface area contributed by atoms with E-state index in [2.05, 4.69) is 20.6 Å². The molecule has 1 fully saturated rings. The minimum Gasteiger partial charge on any atom is -0.497 e. The summed E-state index contributed by atoms with van der Waals surface area (Å²) in [6.07, 6.45) is 5.99. The number of H-pyrrole nitrogens is 1. The van der Waals surface area contributed by atoms with E-state index in [1.807, 2.05) is 54.5 Å². The van der Waals surface area contributed by atoms with Gasteiger partial charge >= 0.3 is 0 Å². The Morgan fingerprint density at radius 2 is 2.12 bits per heavy atom. The number of aryl methyl sites for hydroxylation is 1. The van der Waals surface area contributed by atoms with E-state index < -0.39 is 0 Å². The highest BCUT2D eigenvalue weighted by atomic mass is 16.5. The van der Waals surface area contributed by atoms with Crippen LogP contribution in [-0.4, -0.2) is 44.3 Å². The monoisotopic (exact) mass is 353 g/mol. The zero-order valence-electron chi connectivity index (χ0n) is 14.9. The molecule has 0 amide bonds. The zero-order valence-corrected chi connectivity index (χ0v) is 14.9. The van der Waals surface area contributed by atoms with Crippen LogP contribution >= 0.6 is 0 Å². The van der Waals surface area contributed by atoms with Crippen molar-refractivity contribution in [2.45, 2.75) is 38.1 Å². The molecule has 2 heterocycles. The van der Waals surface area contributed by atoms with Crippen molar-refractivity contribution in [2.24, 2.45) is 0 Å². The molecule has 1 saturated carbocycles. The first kappa shape index (κ1) is 16.8. The molecule has 26 heavy (non-hydrogen) atoms. The molecule has 2 aromatic heterocycles. The number of rotatable bonds is 6. The van der Waals surface area contributed by atoms with Gasteiger partial charge in [-0.2, -0.15) is 10.2 Å². The number of aliphatic hydroxyl groups is 1. The first-order valence-corrected chi connectivity index (χ1v) is 8.74. The van der Waals surface area contributed by atoms with Crippen LogP contribution in [0.2, 0.25) is 0 Å². The fraction of sp³-hybridized carbons (Fsp3) is 0.368. The molecule has 3 aromatic rings. The smallest absolute Gasteiger partial charge is 0.118 e. The Bertz CT molecular complexity index is 870. The van der Waals surface area contributed by atoms with Crippen molar-refractivity contribution >= 4 is 0 Å². The fourth-order valence-corrected chi connectivity index (χ4v) is 3.47. The van der Waals surface area contributed by atoms with E-state index in [1.165, 1.54) is 0 Å². The SMILES string of the molecule is COc1ccc(-c2[nH]ncc2CN[C@H]2C[C@@H](O)[C@@H]2n2cc(C)cn2)cc1. The lowest BCUT2D eigenvalue weighted by molar-refractivity contribution is -0.00822. The molecule has 0 saturated heterocycles. The van der Waals surface area contributed by atoms with E-state index in [1.54, 1.807) is 7.11 Å². The van der Waals surface area contributed by atoms with E-state index in [0.717, 1.165) is 34.6 Å². The molecule has 7 heteroatoms. The molecule has 0 radical (unpaired) electrons. The second-order valence-corrected chi connectivity index (χ2v) is 6.78. The van der Waals surface area contributed by atoms with Gasteiger partial charge in [0.1, 0.15) is 5.75 Å². The maximum Gasteiger partial charge on any atom is 0.118 e. The molecule has 0 unspecified atom stereocenters. The number of hydrogen-bond acceptors (Lipinski definition) is 5. The van der Waals surface area contributed by atoms with Crippen molar-refractivity contribution in [1.29, 1.82) is 0 Å². The predicted molar refractivity (Wildman–Crippen MR) is 97.8 cm³/mol. The van der Waals surface area contributed by atoms with Gasteiger partial charge in [-0.15, -0.1) is 0 Å². The molecule has 7 nitrogen and oxygen atoms in total. The lowest BCUT2D eigenvalue weighted by Crippen LogP contribution is -2.54. The summed E-state index contributed by atoms with van der Waals surface area (Å²) in [5.41, 5.74) is 4.24. The van der Waals surface area contributed by atoms with Crippen molar-refractivity contribution in [3.8, 4) is 17.0 Å². The Balaban J connectivity index is 1.45. The number of ether oxygens (including phenoxy) is 1. The Morgan fingerprint density at radius 1 is 1.31 bits per heavy atom. The second-order valence-electron chi connectivity index (χ2n) is 6.78. The van der Waals surface area contributed by atoms with Crippen LogP contribution in [0.15, 0.2) is 42.9 Å². The molecule has 1 aliphatic carbocycles. The zero-order chi connectivity index (χ0) is 18.1. The van der Waals surface area contributed by atoms with Crippen LogP contribution in [0.5, 0.6) is 5.75 Å². The maximum atomic E-state index is 10.1. The second kappa shape index (κ2) is 6.93. The van der Waals surface area contributed by atoms with Gasteiger partial charge in [-0.05, 0) is 43.2 Å². The number of benzene rings is 1. The number of aromatic nitrogens is 4. The minimum atomic E-state index is -0.364. The molecule has 0 bridgehead atoms. The normalized spacial score (nSPS) is 22.2. The molecule has 1 aliphatic rings. The quantitative estimate of drug-likeness (QED) is 0.631. The van der Waals surface area contributed by atoms with Crippen LogP contribution in [0, 0.1) is 6.92 Å². The summed E-state index contributed by atoms with van der Waals surface area (Å²) in [5.74, 6) is 0.828. The molecular formula is C19H23N5O2. The van der Waals surface area contributed by atoms with Crippen molar-refractivity contribution in [3.63, 3.8) is 0 Å². The van der Waals surface area contributed by atoms with Crippen LogP contribution < -0.4 is 10.1 Å². The third kappa shape index (κ3) is 3.11. The van der Waals surface area contributed by atoms with Crippen LogP contribution in [0.25, 0.3) is 11.3 Å². The van der Waals surface area contributed by atoms with Gasteiger partial charge in [-0.25, -0.2) is 0 Å². The van der Waals surface area contributed by atoms with E-state index in [4.69, 9.17) is 4.74 Å². The maximum absolute atomic E-state index is 10.1. The Morgan fingerprint density at radius 3 is 2.77 bits per heavy atom. The predicted octanol–water partition coefficient (Wildman–Crippen LogP) is 2.05. The highest BCUT2D eigenvalue weighted by molar-refractivity contribution is 5.63. The summed E-state index contributed by atoms with van der Waals surface area (Å²) in [7, 11) is 1.66. The first-order chi connectivity index (χ1) is 12.7. The van der Waals surface area contributed by atoms with E-state index >= 15 is 0 Å². The third-order valence-corrected chi connectivity index (χ3v) is 4.99. The van der Waals surface area contributed by atoms with Gasteiger partial charge in [0.05, 0.1) is 37.3 Å². The van der Waals surface area contributed by atoms with Gasteiger partial charge in [-0.1, -0.05) is 0 Å². The van der Waals surface area contributed by atoms with Crippen molar-refractivity contribution in [3.05, 3.63) is 54.0 Å². The lowest BCUT2D eigenvalue weighted by Gasteiger charge is -2.42. The van der Waals surface area contributed by atoms with Gasteiger partial charge in [0.15, 0.2) is 0 Å². The Hall–Kier alpha value is -2.64. The third-order valence-electron chi connectivity index (χ3n) is 4.99. The van der Waals surface area contributed by atoms with Crippen LogP contribution in [0.4, 0.5) is 0 Å². The van der Waals surface area contributed by atoms with Crippen molar-refractivity contribution in [2.75, 3.05) is 7.11 Å². The summed E-state index contributed by atoms with van der Waals surface area (Å²) >= 11 is 0. The summed E-state index contributed by atoms with van der Waals surface area (Å²) < 4.78 is 7.08. The number of hydrogen-bond donors (Lipinski definition) is 3. The van der Waals surface area contributed by atoms with E-state index in [0.29, 0.717) is 6.54 Å². The van der Waals surface area contributed by atoms with Gasteiger partial charge < -0.3 is 15.2 Å². The van der Waals surface area contributed by atoms with Gasteiger partial charge in [0.25, 0.3) is 0 Å². The van der Waals surface area contributed by atoms with Crippen LogP contribution in [-0.2, 0) is 6.54 Å². The summed E-state index contributed by atoms with van der Waals surface area (Å²) in [4.78, 5) is 0. The highest BCUT2D eigenvalue weighted by Gasteiger charge is 2.41. The summed E-state index contributed by atoms with van der Waals surface area (Å²) in [6.45, 7) is 2.68. The van der Waals surface area contributed by atoms with Crippen molar-refractivity contribution in [1.82, 2.24) is 25.3 Å². The average molecular weight is 353 g/mol. The minimum absolute atomic E-state index is 0.0277. The van der Waals surface area contributed by atoms with E-state index in [9.17, 15) is 5.11 Å². The first-order valence-electron chi connectivity index (χ1n) is 8.74. The summed E-state index contributed by atoms with van der Waals surface area (Å²) in [5, 5.41) is 25.3. The molecule has 3 N–H and O–H groups in total. The number of aliphatic hydroxyl groups excluding tert-OH is 1. The standard InChI is InChI=1S/C19H23N5O2/c1-12-8-22-24(11-12)19-16(7-17(19)25)20-9-14-10-21-23-18(14)13-3-5-15(26-2)6-4-13/h3-6,8,10-11,16-17,19-20,25H,7,9H2,1-2H3,(H,21,23)/t16-,17+,19+/m0/s1. The number of nitrogens with one attached hydrogen (secondary N) is 2. The number of nitrogens with zero attached hydrogens (tertiary/aromatic N) is 3. The molecule has 0 spiro atoms. The van der Waals surface area contributed by atoms with Crippen LogP contribution in [0.3, 0.4) is 0 Å². The largest absolute Gasteiger partial charge is 0.497 e. The van der Waals surface area contributed by atoms with Gasteiger partial charge in [0, 0.05) is 29.9 Å². The lowest BCUT2D eigenvalue weighted by atomic mass is 9.83. The summed E-state index contributed by atoms with van der Waals surface area (Å²) in [6, 6.07) is 8.05. The Kier molecular flexibility index (Phi) is 4.48. The molecular weight excluding hydrogens is 330 g/mol. The van der Waals surface area contributed by atoms with Crippen molar-refractivity contribution < 1.29 is 9.84 Å². The molecule has 3 atom stereocenters. The van der Waals surface area contributed by atoms with Gasteiger partial charge in [0.2, 0.25) is 0 Å². The average Bonchev–Trinajstić information content (AvgIpc) is 3.27. The molecule has 1 aromatic carbocycles. The van der Waals surface area contributed by atoms with Crippen LogP contribution in [0.1, 0.15) is 23.6 Å². The van der Waals surface area contributed by atoms with Gasteiger partial charge in [-0.3, -0.25) is 9.78 Å². The fourth-order valence-electron chi connectivity index (χ4n) is 3.47. The molecule has 0 aliphatic heterocycles. The molecule has 136 valence electrons. The molecule has 4 rings (SSSR count). The number of aromatic amines is 1.